The minimum absolute atomic E-state index is 0.0491. The molecule has 0 fully saturated rings. The van der Waals surface area contributed by atoms with E-state index in [2.05, 4.69) is 21.2 Å². The summed E-state index contributed by atoms with van der Waals surface area (Å²) in [6.45, 7) is 0. The molecule has 1 heterocycles. The largest absolute Gasteiger partial charge is 0.337 e. The summed E-state index contributed by atoms with van der Waals surface area (Å²) in [4.78, 5) is 22.4. The number of benzene rings is 1. The summed E-state index contributed by atoms with van der Waals surface area (Å²) in [5, 5.41) is 14.6. The zero-order valence-electron chi connectivity index (χ0n) is 10.6. The number of nitro groups is 1. The molecule has 0 atom stereocenters. The van der Waals surface area contributed by atoms with Crippen LogP contribution in [0, 0.1) is 21.7 Å². The Hall–Kier alpha value is -1.52. The summed E-state index contributed by atoms with van der Waals surface area (Å²) in [5.41, 5.74) is -0.174. The van der Waals surface area contributed by atoms with Gasteiger partial charge in [0.15, 0.2) is 5.82 Å². The van der Waals surface area contributed by atoms with Gasteiger partial charge in [-0.05, 0) is 33.4 Å². The Morgan fingerprint density at radius 1 is 1.45 bits per heavy atom. The second kappa shape index (κ2) is 7.16. The molecule has 10 heteroatoms. The van der Waals surface area contributed by atoms with Crippen molar-refractivity contribution in [2.24, 2.45) is 0 Å². The Morgan fingerprint density at radius 3 is 2.82 bits per heavy atom. The van der Waals surface area contributed by atoms with Gasteiger partial charge in [0, 0.05) is 10.5 Å². The maximum absolute atomic E-state index is 13.6. The quantitative estimate of drug-likeness (QED) is 0.451. The molecule has 0 saturated carbocycles. The van der Waals surface area contributed by atoms with E-state index in [0.29, 0.717) is 11.0 Å². The lowest BCUT2D eigenvalue weighted by Crippen LogP contribution is -2.15. The fraction of sp³-hybridized carbons (Fsp3) is 0.0833. The van der Waals surface area contributed by atoms with Crippen LogP contribution in [0.15, 0.2) is 32.9 Å². The average Bonchev–Trinajstić information content (AvgIpc) is 2.89. The molecule has 1 aromatic carbocycles. The smallest absolute Gasteiger partial charge is 0.322 e. The molecule has 2 aromatic rings. The van der Waals surface area contributed by atoms with E-state index in [1.807, 2.05) is 0 Å². The van der Waals surface area contributed by atoms with Crippen LogP contribution in [0.5, 0.6) is 0 Å². The van der Waals surface area contributed by atoms with Gasteiger partial charge in [-0.3, -0.25) is 14.9 Å². The standard InChI is InChI=1S/C12H7BrF2N2O3S2/c13-7-3-6(14)4-8(15)11(7)16-10(18)5-22-9-1-2-21-12(9)17(19)20/h1-4H,5H2,(H,16,18). The zero-order valence-corrected chi connectivity index (χ0v) is 13.9. The highest BCUT2D eigenvalue weighted by molar-refractivity contribution is 9.10. The van der Waals surface area contributed by atoms with Gasteiger partial charge in [-0.25, -0.2) is 8.78 Å². The van der Waals surface area contributed by atoms with Gasteiger partial charge in [0.25, 0.3) is 0 Å². The third kappa shape index (κ3) is 4.02. The van der Waals surface area contributed by atoms with Gasteiger partial charge in [-0.1, -0.05) is 11.3 Å². The van der Waals surface area contributed by atoms with E-state index in [1.54, 1.807) is 5.38 Å². The summed E-state index contributed by atoms with van der Waals surface area (Å²) in [6.07, 6.45) is 0. The highest BCUT2D eigenvalue weighted by atomic mass is 79.9. The van der Waals surface area contributed by atoms with Crippen LogP contribution in [0.25, 0.3) is 0 Å². The van der Waals surface area contributed by atoms with Crippen molar-refractivity contribution in [2.45, 2.75) is 4.90 Å². The number of carbonyl (C=O) groups is 1. The van der Waals surface area contributed by atoms with Crippen molar-refractivity contribution >= 4 is 55.6 Å². The van der Waals surface area contributed by atoms with E-state index in [0.717, 1.165) is 29.2 Å². The molecule has 5 nitrogen and oxygen atoms in total. The third-order valence-electron chi connectivity index (χ3n) is 2.41. The lowest BCUT2D eigenvalue weighted by molar-refractivity contribution is -0.382. The van der Waals surface area contributed by atoms with Gasteiger partial charge >= 0.3 is 5.00 Å². The van der Waals surface area contributed by atoms with Crippen LogP contribution in [0.3, 0.4) is 0 Å². The number of amides is 1. The van der Waals surface area contributed by atoms with Crippen LogP contribution in [0.4, 0.5) is 19.5 Å². The first-order valence-corrected chi connectivity index (χ1v) is 8.33. The first kappa shape index (κ1) is 16.8. The SMILES string of the molecule is O=C(CSc1ccsc1[N+](=O)[O-])Nc1c(F)cc(F)cc1Br. The maximum atomic E-state index is 13.6. The van der Waals surface area contributed by atoms with E-state index in [-0.39, 0.29) is 20.9 Å². The van der Waals surface area contributed by atoms with Crippen LogP contribution in [0.2, 0.25) is 0 Å². The molecule has 0 unspecified atom stereocenters. The number of carbonyl (C=O) groups excluding carboxylic acids is 1. The van der Waals surface area contributed by atoms with Gasteiger partial charge in [0.1, 0.15) is 5.82 Å². The van der Waals surface area contributed by atoms with E-state index in [9.17, 15) is 23.7 Å². The number of anilines is 1. The monoisotopic (exact) mass is 408 g/mol. The fourth-order valence-electron chi connectivity index (χ4n) is 1.51. The topological polar surface area (TPSA) is 72.2 Å². The van der Waals surface area contributed by atoms with Crippen LogP contribution in [-0.2, 0) is 4.79 Å². The Morgan fingerprint density at radius 2 is 2.18 bits per heavy atom. The molecule has 1 aromatic heterocycles. The molecular weight excluding hydrogens is 402 g/mol. The Kier molecular flexibility index (Phi) is 5.48. The van der Waals surface area contributed by atoms with Gasteiger partial charge in [0.05, 0.1) is 21.3 Å². The Labute approximate surface area is 140 Å². The first-order chi connectivity index (χ1) is 10.4. The number of thioether (sulfide) groups is 1. The molecule has 2 rings (SSSR count). The molecule has 22 heavy (non-hydrogen) atoms. The summed E-state index contributed by atoms with van der Waals surface area (Å²) in [7, 11) is 0. The number of halogens is 3. The summed E-state index contributed by atoms with van der Waals surface area (Å²) in [6, 6.07) is 3.21. The number of rotatable bonds is 5. The molecule has 0 spiro atoms. The van der Waals surface area contributed by atoms with E-state index < -0.39 is 22.5 Å². The van der Waals surface area contributed by atoms with Crippen LogP contribution in [-0.4, -0.2) is 16.6 Å². The Bertz CT molecular complexity index is 716. The Balaban J connectivity index is 2.02. The molecule has 1 amide bonds. The molecule has 0 aliphatic heterocycles. The lowest BCUT2D eigenvalue weighted by Gasteiger charge is -2.08. The molecule has 0 saturated heterocycles. The van der Waals surface area contributed by atoms with Crippen molar-refractivity contribution in [1.29, 1.82) is 0 Å². The van der Waals surface area contributed by atoms with Crippen molar-refractivity contribution in [2.75, 3.05) is 11.1 Å². The summed E-state index contributed by atoms with van der Waals surface area (Å²) in [5.74, 6) is -2.38. The molecule has 0 aliphatic carbocycles. The van der Waals surface area contributed by atoms with Gasteiger partial charge < -0.3 is 5.32 Å². The molecule has 0 aliphatic rings. The van der Waals surface area contributed by atoms with Crippen LogP contribution in [0.1, 0.15) is 0 Å². The minimum Gasteiger partial charge on any atom is -0.322 e. The second-order valence-electron chi connectivity index (χ2n) is 3.93. The van der Waals surface area contributed by atoms with Crippen molar-refractivity contribution in [3.63, 3.8) is 0 Å². The van der Waals surface area contributed by atoms with Crippen molar-refractivity contribution in [3.8, 4) is 0 Å². The van der Waals surface area contributed by atoms with Crippen molar-refractivity contribution in [3.05, 3.63) is 49.8 Å². The molecule has 116 valence electrons. The normalized spacial score (nSPS) is 10.5. The van der Waals surface area contributed by atoms with Crippen LogP contribution < -0.4 is 5.32 Å². The number of hydrogen-bond acceptors (Lipinski definition) is 5. The highest BCUT2D eigenvalue weighted by Crippen LogP contribution is 2.34. The highest BCUT2D eigenvalue weighted by Gasteiger charge is 2.18. The van der Waals surface area contributed by atoms with Gasteiger partial charge in [-0.2, -0.15) is 0 Å². The maximum Gasteiger partial charge on any atom is 0.337 e. The predicted octanol–water partition coefficient (Wildman–Crippen LogP) is 4.43. The van der Waals surface area contributed by atoms with Gasteiger partial charge in [0.2, 0.25) is 5.91 Å². The fourth-order valence-corrected chi connectivity index (χ4v) is 3.75. The van der Waals surface area contributed by atoms with E-state index in [1.165, 1.54) is 6.07 Å². The molecule has 1 N–H and O–H groups in total. The van der Waals surface area contributed by atoms with Crippen molar-refractivity contribution < 1.29 is 18.5 Å². The number of nitrogens with zero attached hydrogens (tertiary/aromatic N) is 1. The summed E-state index contributed by atoms with van der Waals surface area (Å²) >= 11 is 4.89. The molecule has 0 bridgehead atoms. The predicted molar refractivity (Wildman–Crippen MR) is 84.4 cm³/mol. The average molecular weight is 409 g/mol. The number of thiophene rings is 1. The molecular formula is C12H7BrF2N2O3S2. The minimum atomic E-state index is -0.910. The molecule has 0 radical (unpaired) electrons. The van der Waals surface area contributed by atoms with E-state index >= 15 is 0 Å². The van der Waals surface area contributed by atoms with E-state index in [4.69, 9.17) is 0 Å². The third-order valence-corrected chi connectivity index (χ3v) is 5.07. The number of hydrogen-bond donors (Lipinski definition) is 1. The zero-order chi connectivity index (χ0) is 16.3. The van der Waals surface area contributed by atoms with Crippen molar-refractivity contribution in [1.82, 2.24) is 0 Å². The second-order valence-corrected chi connectivity index (χ2v) is 6.69. The first-order valence-electron chi connectivity index (χ1n) is 5.67. The van der Waals surface area contributed by atoms with Crippen LogP contribution >= 0.6 is 39.0 Å². The number of nitrogens with one attached hydrogen (secondary N) is 1. The lowest BCUT2D eigenvalue weighted by atomic mass is 10.3. The summed E-state index contributed by atoms with van der Waals surface area (Å²) < 4.78 is 26.6. The van der Waals surface area contributed by atoms with Gasteiger partial charge in [-0.15, -0.1) is 11.8 Å².